The van der Waals surface area contributed by atoms with Gasteiger partial charge in [-0.05, 0) is 36.8 Å². The van der Waals surface area contributed by atoms with Gasteiger partial charge in [-0.3, -0.25) is 9.59 Å². The van der Waals surface area contributed by atoms with Gasteiger partial charge in [0.25, 0.3) is 5.91 Å². The summed E-state index contributed by atoms with van der Waals surface area (Å²) in [6.45, 7) is 3.91. The van der Waals surface area contributed by atoms with Crippen molar-refractivity contribution >= 4 is 11.8 Å². The standard InChI is InChI=1S/C21H23FN2O3/c1-15-4-3-5-17(12-15)21(26)24-10-8-23(9-11-24)20(25)14-16-6-7-19(27-2)18(22)13-16/h3-7,12-13H,8-11,14H2,1-2H3. The molecule has 142 valence electrons. The van der Waals surface area contributed by atoms with Gasteiger partial charge in [-0.15, -0.1) is 0 Å². The number of carbonyl (C=O) groups excluding carboxylic acids is 2. The van der Waals surface area contributed by atoms with Gasteiger partial charge in [-0.2, -0.15) is 0 Å². The average Bonchev–Trinajstić information content (AvgIpc) is 2.67. The first-order valence-electron chi connectivity index (χ1n) is 8.94. The average molecular weight is 370 g/mol. The van der Waals surface area contributed by atoms with Crippen molar-refractivity contribution in [2.45, 2.75) is 13.3 Å². The van der Waals surface area contributed by atoms with Crippen LogP contribution in [0.4, 0.5) is 4.39 Å². The van der Waals surface area contributed by atoms with E-state index in [9.17, 15) is 14.0 Å². The Labute approximate surface area is 158 Å². The first-order valence-corrected chi connectivity index (χ1v) is 8.94. The van der Waals surface area contributed by atoms with Gasteiger partial charge >= 0.3 is 0 Å². The summed E-state index contributed by atoms with van der Waals surface area (Å²) in [6.07, 6.45) is 0.132. The fraction of sp³-hybridized carbons (Fsp3) is 0.333. The molecule has 27 heavy (non-hydrogen) atoms. The van der Waals surface area contributed by atoms with Crippen LogP contribution < -0.4 is 4.74 Å². The van der Waals surface area contributed by atoms with E-state index >= 15 is 0 Å². The van der Waals surface area contributed by atoms with E-state index in [2.05, 4.69) is 0 Å². The number of halogens is 1. The Balaban J connectivity index is 1.56. The summed E-state index contributed by atoms with van der Waals surface area (Å²) in [5, 5.41) is 0. The molecule has 0 N–H and O–H groups in total. The molecule has 1 saturated heterocycles. The maximum atomic E-state index is 13.8. The molecule has 2 aromatic carbocycles. The number of piperazine rings is 1. The van der Waals surface area contributed by atoms with Crippen molar-refractivity contribution in [3.8, 4) is 5.75 Å². The molecule has 0 spiro atoms. The zero-order valence-electron chi connectivity index (χ0n) is 15.6. The van der Waals surface area contributed by atoms with Crippen molar-refractivity contribution in [3.05, 3.63) is 65.0 Å². The Morgan fingerprint density at radius 3 is 2.37 bits per heavy atom. The molecule has 0 atom stereocenters. The summed E-state index contributed by atoms with van der Waals surface area (Å²) < 4.78 is 18.7. The highest BCUT2D eigenvalue weighted by molar-refractivity contribution is 5.94. The fourth-order valence-electron chi connectivity index (χ4n) is 3.23. The minimum atomic E-state index is -0.476. The van der Waals surface area contributed by atoms with Crippen LogP contribution in [0.3, 0.4) is 0 Å². The quantitative estimate of drug-likeness (QED) is 0.831. The molecule has 1 aliphatic heterocycles. The minimum absolute atomic E-state index is 0.0111. The van der Waals surface area contributed by atoms with Crippen molar-refractivity contribution in [2.24, 2.45) is 0 Å². The number of nitrogens with zero attached hydrogens (tertiary/aromatic N) is 2. The number of methoxy groups -OCH3 is 1. The summed E-state index contributed by atoms with van der Waals surface area (Å²) in [6, 6.07) is 12.1. The third kappa shape index (κ3) is 4.45. The highest BCUT2D eigenvalue weighted by Gasteiger charge is 2.25. The van der Waals surface area contributed by atoms with Gasteiger partial charge in [0.05, 0.1) is 13.5 Å². The summed E-state index contributed by atoms with van der Waals surface area (Å²) in [5.41, 5.74) is 2.32. The summed E-state index contributed by atoms with van der Waals surface area (Å²) in [5.74, 6) is -0.393. The van der Waals surface area contributed by atoms with Gasteiger partial charge in [-0.1, -0.05) is 23.8 Å². The number of benzene rings is 2. The summed E-state index contributed by atoms with van der Waals surface area (Å²) in [7, 11) is 1.40. The lowest BCUT2D eigenvalue weighted by atomic mass is 10.1. The molecule has 1 fully saturated rings. The van der Waals surface area contributed by atoms with Crippen LogP contribution in [0.15, 0.2) is 42.5 Å². The largest absolute Gasteiger partial charge is 0.494 e. The predicted molar refractivity (Wildman–Crippen MR) is 100 cm³/mol. The fourth-order valence-corrected chi connectivity index (χ4v) is 3.23. The number of carbonyl (C=O) groups is 2. The normalized spacial score (nSPS) is 14.2. The Morgan fingerprint density at radius 2 is 1.74 bits per heavy atom. The topological polar surface area (TPSA) is 49.9 Å². The lowest BCUT2D eigenvalue weighted by Gasteiger charge is -2.35. The van der Waals surface area contributed by atoms with Crippen LogP contribution >= 0.6 is 0 Å². The Bertz CT molecular complexity index is 845. The van der Waals surface area contributed by atoms with Crippen molar-refractivity contribution < 1.29 is 18.7 Å². The van der Waals surface area contributed by atoms with Gasteiger partial charge in [0.2, 0.25) is 5.91 Å². The highest BCUT2D eigenvalue weighted by Crippen LogP contribution is 2.19. The second-order valence-electron chi connectivity index (χ2n) is 6.69. The van der Waals surface area contributed by atoms with Crippen LogP contribution in [0, 0.1) is 12.7 Å². The molecule has 6 heteroatoms. The molecule has 1 heterocycles. The lowest BCUT2D eigenvalue weighted by Crippen LogP contribution is -2.51. The molecule has 0 aromatic heterocycles. The van der Waals surface area contributed by atoms with Crippen LogP contribution in [0.1, 0.15) is 21.5 Å². The van der Waals surface area contributed by atoms with Crippen LogP contribution in [0.5, 0.6) is 5.75 Å². The second kappa shape index (κ2) is 8.20. The zero-order chi connectivity index (χ0) is 19.4. The molecular formula is C21H23FN2O3. The number of ether oxygens (including phenoxy) is 1. The molecule has 0 aliphatic carbocycles. The molecule has 0 radical (unpaired) electrons. The van der Waals surface area contributed by atoms with E-state index in [4.69, 9.17) is 4.74 Å². The van der Waals surface area contributed by atoms with E-state index < -0.39 is 5.82 Å². The van der Waals surface area contributed by atoms with Gasteiger partial charge < -0.3 is 14.5 Å². The van der Waals surface area contributed by atoms with E-state index in [1.54, 1.807) is 15.9 Å². The summed E-state index contributed by atoms with van der Waals surface area (Å²) in [4.78, 5) is 28.6. The van der Waals surface area contributed by atoms with E-state index in [1.807, 2.05) is 31.2 Å². The first-order chi connectivity index (χ1) is 13.0. The van der Waals surface area contributed by atoms with Crippen LogP contribution in [-0.4, -0.2) is 54.9 Å². The lowest BCUT2D eigenvalue weighted by molar-refractivity contribution is -0.131. The number of hydrogen-bond donors (Lipinski definition) is 0. The molecule has 0 unspecified atom stereocenters. The summed E-state index contributed by atoms with van der Waals surface area (Å²) >= 11 is 0. The number of amides is 2. The number of rotatable bonds is 4. The third-order valence-corrected chi connectivity index (χ3v) is 4.76. The van der Waals surface area contributed by atoms with Crippen molar-refractivity contribution in [3.63, 3.8) is 0 Å². The van der Waals surface area contributed by atoms with Crippen LogP contribution in [-0.2, 0) is 11.2 Å². The second-order valence-corrected chi connectivity index (χ2v) is 6.69. The molecule has 5 nitrogen and oxygen atoms in total. The van der Waals surface area contributed by atoms with Crippen molar-refractivity contribution in [1.82, 2.24) is 9.80 Å². The first kappa shape index (κ1) is 18.9. The molecule has 0 saturated carbocycles. The van der Waals surface area contributed by atoms with Gasteiger partial charge in [0, 0.05) is 31.7 Å². The van der Waals surface area contributed by atoms with E-state index in [1.165, 1.54) is 19.2 Å². The Morgan fingerprint density at radius 1 is 1.04 bits per heavy atom. The molecule has 2 amide bonds. The Hall–Kier alpha value is -2.89. The van der Waals surface area contributed by atoms with Gasteiger partial charge in [0.15, 0.2) is 11.6 Å². The van der Waals surface area contributed by atoms with Crippen molar-refractivity contribution in [1.29, 1.82) is 0 Å². The zero-order valence-corrected chi connectivity index (χ0v) is 15.6. The van der Waals surface area contributed by atoms with Gasteiger partial charge in [-0.25, -0.2) is 4.39 Å². The molecule has 0 bridgehead atoms. The SMILES string of the molecule is COc1ccc(CC(=O)N2CCN(C(=O)c3cccc(C)c3)CC2)cc1F. The van der Waals surface area contributed by atoms with E-state index in [-0.39, 0.29) is 24.0 Å². The van der Waals surface area contributed by atoms with Gasteiger partial charge in [0.1, 0.15) is 0 Å². The third-order valence-electron chi connectivity index (χ3n) is 4.76. The van der Waals surface area contributed by atoms with E-state index in [0.29, 0.717) is 37.3 Å². The monoisotopic (exact) mass is 370 g/mol. The smallest absolute Gasteiger partial charge is 0.253 e. The van der Waals surface area contributed by atoms with Crippen LogP contribution in [0.2, 0.25) is 0 Å². The molecule has 3 rings (SSSR count). The van der Waals surface area contributed by atoms with E-state index in [0.717, 1.165) is 5.56 Å². The highest BCUT2D eigenvalue weighted by atomic mass is 19.1. The minimum Gasteiger partial charge on any atom is -0.494 e. The molecule has 1 aliphatic rings. The number of hydrogen-bond acceptors (Lipinski definition) is 3. The number of aryl methyl sites for hydroxylation is 1. The maximum absolute atomic E-state index is 13.8. The Kier molecular flexibility index (Phi) is 5.74. The predicted octanol–water partition coefficient (Wildman–Crippen LogP) is 2.67. The molecule has 2 aromatic rings. The van der Waals surface area contributed by atoms with Crippen molar-refractivity contribution in [2.75, 3.05) is 33.3 Å². The molecular weight excluding hydrogens is 347 g/mol. The van der Waals surface area contributed by atoms with Crippen LogP contribution in [0.25, 0.3) is 0 Å². The maximum Gasteiger partial charge on any atom is 0.253 e.